The van der Waals surface area contributed by atoms with Gasteiger partial charge in [-0.2, -0.15) is 0 Å². The summed E-state index contributed by atoms with van der Waals surface area (Å²) in [6.45, 7) is 0. The molecule has 0 N–H and O–H groups in total. The van der Waals surface area contributed by atoms with E-state index in [0.717, 1.165) is 0 Å². The molecule has 2 rings (SSSR count). The van der Waals surface area contributed by atoms with Gasteiger partial charge in [-0.15, -0.1) is 0 Å². The van der Waals surface area contributed by atoms with Gasteiger partial charge < -0.3 is 4.74 Å². The molecule has 0 bridgehead atoms. The van der Waals surface area contributed by atoms with Crippen LogP contribution in [0.4, 0.5) is 0 Å². The Balaban J connectivity index is 2.10. The minimum atomic E-state index is -0.159. The van der Waals surface area contributed by atoms with Gasteiger partial charge >= 0.3 is 5.97 Å². The van der Waals surface area contributed by atoms with E-state index in [0.29, 0.717) is 11.8 Å². The number of rotatable bonds is 3. The Labute approximate surface area is 98.1 Å². The van der Waals surface area contributed by atoms with Crippen LogP contribution in [0.2, 0.25) is 0 Å². The summed E-state index contributed by atoms with van der Waals surface area (Å²) in [5.41, 5.74) is 1.40. The summed E-state index contributed by atoms with van der Waals surface area (Å²) < 4.78 is 4.78. The normalized spacial score (nSPS) is 22.3. The summed E-state index contributed by atoms with van der Waals surface area (Å²) in [7, 11) is 1.47. The Bertz CT molecular complexity index is 250. The Hall–Kier alpha value is -0.790. The average Bonchev–Trinajstić information content (AvgIpc) is 2.97. The van der Waals surface area contributed by atoms with E-state index in [1.807, 2.05) is 0 Å². The highest BCUT2D eigenvalue weighted by atomic mass is 16.5. The van der Waals surface area contributed by atoms with E-state index in [-0.39, 0.29) is 5.97 Å². The predicted octanol–water partition coefficient (Wildman–Crippen LogP) is 3.47. The van der Waals surface area contributed by atoms with Crippen LogP contribution >= 0.6 is 0 Å². The van der Waals surface area contributed by atoms with Gasteiger partial charge in [0.2, 0.25) is 0 Å². The molecule has 0 aliphatic heterocycles. The van der Waals surface area contributed by atoms with Gasteiger partial charge in [0.15, 0.2) is 0 Å². The van der Waals surface area contributed by atoms with Gasteiger partial charge in [-0.3, -0.25) is 0 Å². The van der Waals surface area contributed by atoms with Gasteiger partial charge in [0.25, 0.3) is 0 Å². The summed E-state index contributed by atoms with van der Waals surface area (Å²) in [6, 6.07) is 0. The molecule has 16 heavy (non-hydrogen) atoms. The second-order valence-corrected chi connectivity index (χ2v) is 5.13. The van der Waals surface area contributed by atoms with Crippen molar-refractivity contribution in [2.45, 2.75) is 51.4 Å². The number of carbonyl (C=O) groups is 1. The zero-order chi connectivity index (χ0) is 11.4. The number of esters is 1. The van der Waals surface area contributed by atoms with Gasteiger partial charge in [0.1, 0.15) is 0 Å². The molecule has 2 aliphatic carbocycles. The molecule has 0 radical (unpaired) electrons. The molecule has 0 amide bonds. The number of allylic oxidation sites excluding steroid dienone is 1. The van der Waals surface area contributed by atoms with E-state index in [4.69, 9.17) is 4.74 Å². The zero-order valence-electron chi connectivity index (χ0n) is 10.2. The minimum absolute atomic E-state index is 0.159. The molecule has 0 saturated heterocycles. The molecule has 0 heterocycles. The van der Waals surface area contributed by atoms with E-state index in [1.165, 1.54) is 64.0 Å². The summed E-state index contributed by atoms with van der Waals surface area (Å²) in [5, 5.41) is 0. The van der Waals surface area contributed by atoms with Gasteiger partial charge in [-0.05, 0) is 37.5 Å². The lowest BCUT2D eigenvalue weighted by molar-refractivity contribution is -0.134. The van der Waals surface area contributed by atoms with Crippen LogP contribution in [-0.2, 0) is 9.53 Å². The number of ether oxygens (including phenoxy) is 1. The first-order chi connectivity index (χ1) is 7.81. The monoisotopic (exact) mass is 222 g/mol. The van der Waals surface area contributed by atoms with E-state index < -0.39 is 0 Å². The van der Waals surface area contributed by atoms with Crippen LogP contribution in [0.3, 0.4) is 0 Å². The third kappa shape index (κ3) is 2.66. The Kier molecular flexibility index (Phi) is 4.03. The maximum absolute atomic E-state index is 11.4. The lowest BCUT2D eigenvalue weighted by Crippen LogP contribution is -2.11. The summed E-state index contributed by atoms with van der Waals surface area (Å²) in [6.07, 6.45) is 12.2. The van der Waals surface area contributed by atoms with Gasteiger partial charge in [-0.25, -0.2) is 4.79 Å². The summed E-state index contributed by atoms with van der Waals surface area (Å²) in [4.78, 5) is 11.4. The van der Waals surface area contributed by atoms with Crippen LogP contribution in [0.15, 0.2) is 11.6 Å². The first-order valence-electron chi connectivity index (χ1n) is 6.60. The van der Waals surface area contributed by atoms with E-state index in [1.54, 1.807) is 6.08 Å². The third-order valence-corrected chi connectivity index (χ3v) is 4.14. The Morgan fingerprint density at radius 1 is 1.00 bits per heavy atom. The van der Waals surface area contributed by atoms with E-state index in [9.17, 15) is 4.79 Å². The summed E-state index contributed by atoms with van der Waals surface area (Å²) >= 11 is 0. The van der Waals surface area contributed by atoms with E-state index >= 15 is 0 Å². The van der Waals surface area contributed by atoms with Crippen LogP contribution in [0.1, 0.15) is 51.4 Å². The Morgan fingerprint density at radius 2 is 1.44 bits per heavy atom. The molecule has 2 fully saturated rings. The largest absolute Gasteiger partial charge is 0.466 e. The fourth-order valence-electron chi connectivity index (χ4n) is 3.28. The summed E-state index contributed by atoms with van der Waals surface area (Å²) in [5.74, 6) is 1.18. The van der Waals surface area contributed by atoms with Crippen molar-refractivity contribution in [1.29, 1.82) is 0 Å². The highest BCUT2D eigenvalue weighted by molar-refractivity contribution is 5.82. The maximum Gasteiger partial charge on any atom is 0.330 e. The molecule has 0 aromatic heterocycles. The van der Waals surface area contributed by atoms with Crippen LogP contribution < -0.4 is 0 Å². The second-order valence-electron chi connectivity index (χ2n) is 5.13. The van der Waals surface area contributed by atoms with Gasteiger partial charge in [0, 0.05) is 6.08 Å². The SMILES string of the molecule is COC(=O)C=C(C1CCCC1)C1CCCC1. The molecule has 0 spiro atoms. The molecule has 2 saturated carbocycles. The number of hydrogen-bond acceptors (Lipinski definition) is 2. The fourth-order valence-corrected chi connectivity index (χ4v) is 3.28. The Morgan fingerprint density at radius 3 is 1.81 bits per heavy atom. The first kappa shape index (κ1) is 11.7. The van der Waals surface area contributed by atoms with Crippen molar-refractivity contribution in [3.05, 3.63) is 11.6 Å². The quantitative estimate of drug-likeness (QED) is 0.540. The molecular formula is C14H22O2. The fraction of sp³-hybridized carbons (Fsp3) is 0.786. The standard InChI is InChI=1S/C14H22O2/c1-16-14(15)10-13(11-6-2-3-7-11)12-8-4-5-9-12/h10-12H,2-9H2,1H3. The lowest BCUT2D eigenvalue weighted by atomic mass is 9.85. The molecule has 0 unspecified atom stereocenters. The molecule has 0 aromatic carbocycles. The van der Waals surface area contributed by atoms with Crippen molar-refractivity contribution in [3.8, 4) is 0 Å². The minimum Gasteiger partial charge on any atom is -0.466 e. The number of carbonyl (C=O) groups excluding carboxylic acids is 1. The molecule has 0 atom stereocenters. The maximum atomic E-state index is 11.4. The first-order valence-corrected chi connectivity index (χ1v) is 6.60. The van der Waals surface area contributed by atoms with Crippen LogP contribution in [0, 0.1) is 11.8 Å². The molecule has 0 aromatic rings. The van der Waals surface area contributed by atoms with Crippen molar-refractivity contribution < 1.29 is 9.53 Å². The molecule has 90 valence electrons. The van der Waals surface area contributed by atoms with Crippen molar-refractivity contribution in [2.24, 2.45) is 11.8 Å². The topological polar surface area (TPSA) is 26.3 Å². The zero-order valence-corrected chi connectivity index (χ0v) is 10.2. The van der Waals surface area contributed by atoms with Crippen molar-refractivity contribution in [2.75, 3.05) is 7.11 Å². The van der Waals surface area contributed by atoms with Gasteiger partial charge in [0.05, 0.1) is 7.11 Å². The van der Waals surface area contributed by atoms with Crippen molar-refractivity contribution in [3.63, 3.8) is 0 Å². The van der Waals surface area contributed by atoms with Crippen molar-refractivity contribution >= 4 is 5.97 Å². The highest BCUT2D eigenvalue weighted by Crippen LogP contribution is 2.41. The second kappa shape index (κ2) is 5.51. The van der Waals surface area contributed by atoms with Crippen LogP contribution in [-0.4, -0.2) is 13.1 Å². The lowest BCUT2D eigenvalue weighted by Gasteiger charge is -2.20. The molecule has 2 aliphatic rings. The van der Waals surface area contributed by atoms with Gasteiger partial charge in [-0.1, -0.05) is 31.3 Å². The molecule has 2 heteroatoms. The number of hydrogen-bond donors (Lipinski definition) is 0. The number of methoxy groups -OCH3 is 1. The van der Waals surface area contributed by atoms with E-state index in [2.05, 4.69) is 0 Å². The smallest absolute Gasteiger partial charge is 0.330 e. The highest BCUT2D eigenvalue weighted by Gasteiger charge is 2.28. The average molecular weight is 222 g/mol. The molecule has 2 nitrogen and oxygen atoms in total. The van der Waals surface area contributed by atoms with Crippen LogP contribution in [0.5, 0.6) is 0 Å². The van der Waals surface area contributed by atoms with Crippen molar-refractivity contribution in [1.82, 2.24) is 0 Å². The predicted molar refractivity (Wildman–Crippen MR) is 64.0 cm³/mol. The third-order valence-electron chi connectivity index (χ3n) is 4.14. The van der Waals surface area contributed by atoms with Crippen LogP contribution in [0.25, 0.3) is 0 Å². The molecular weight excluding hydrogens is 200 g/mol.